The molecule has 160 valence electrons. The molecule has 1 aliphatic rings. The summed E-state index contributed by atoms with van der Waals surface area (Å²) in [5.41, 5.74) is -1.31. The van der Waals surface area contributed by atoms with Crippen molar-refractivity contribution in [3.8, 4) is 0 Å². The lowest BCUT2D eigenvalue weighted by molar-refractivity contribution is -0.152. The molecule has 1 fully saturated rings. The number of amides is 5. The number of carbonyl (C=O) groups is 5. The molecule has 2 N–H and O–H groups in total. The summed E-state index contributed by atoms with van der Waals surface area (Å²) in [6.07, 6.45) is 0.0896. The maximum absolute atomic E-state index is 13.4. The summed E-state index contributed by atoms with van der Waals surface area (Å²) in [6.45, 7) is 0.992. The molecule has 1 aliphatic heterocycles. The third-order valence-electron chi connectivity index (χ3n) is 5.33. The Morgan fingerprint density at radius 3 is 2.19 bits per heavy atom. The molecule has 3 rings (SSSR count). The van der Waals surface area contributed by atoms with E-state index in [1.165, 1.54) is 25.2 Å². The van der Waals surface area contributed by atoms with Crippen LogP contribution in [-0.4, -0.2) is 58.2 Å². The first kappa shape index (κ1) is 21.7. The van der Waals surface area contributed by atoms with E-state index in [0.29, 0.717) is 5.56 Å². The summed E-state index contributed by atoms with van der Waals surface area (Å²) in [5.74, 6) is -3.46. The van der Waals surface area contributed by atoms with Crippen LogP contribution in [-0.2, 0) is 19.8 Å². The normalized spacial score (nSPS) is 18.8. The largest absolute Gasteiger partial charge is 0.478 e. The van der Waals surface area contributed by atoms with E-state index in [9.17, 15) is 29.1 Å². The van der Waals surface area contributed by atoms with Gasteiger partial charge < -0.3 is 10.4 Å². The quantitative estimate of drug-likeness (QED) is 0.686. The Hall–Kier alpha value is -4.01. The number of hydrogen-bond donors (Lipinski definition) is 2. The summed E-state index contributed by atoms with van der Waals surface area (Å²) in [4.78, 5) is 64.6. The zero-order valence-electron chi connectivity index (χ0n) is 17.0. The number of rotatable bonds is 6. The molecule has 1 saturated heterocycles. The predicted octanol–water partition coefficient (Wildman–Crippen LogP) is 2.09. The van der Waals surface area contributed by atoms with Crippen LogP contribution in [0.5, 0.6) is 0 Å². The fourth-order valence-corrected chi connectivity index (χ4v) is 3.69. The molecule has 0 aromatic heterocycles. The lowest BCUT2D eigenvalue weighted by atomic mass is 9.74. The van der Waals surface area contributed by atoms with Crippen molar-refractivity contribution in [3.63, 3.8) is 0 Å². The Morgan fingerprint density at radius 1 is 0.968 bits per heavy atom. The van der Waals surface area contributed by atoms with E-state index in [1.807, 2.05) is 0 Å². The molecule has 2 aromatic carbocycles. The fourth-order valence-electron chi connectivity index (χ4n) is 3.69. The first-order chi connectivity index (χ1) is 14.7. The Bertz CT molecular complexity index is 1070. The highest BCUT2D eigenvalue weighted by Crippen LogP contribution is 2.36. The van der Waals surface area contributed by atoms with Crippen molar-refractivity contribution in [2.75, 3.05) is 18.9 Å². The van der Waals surface area contributed by atoms with E-state index in [1.54, 1.807) is 43.3 Å². The van der Waals surface area contributed by atoms with Gasteiger partial charge in [-0.25, -0.2) is 9.59 Å². The van der Waals surface area contributed by atoms with Crippen molar-refractivity contribution < 1.29 is 29.1 Å². The molecule has 9 heteroatoms. The molecular weight excluding hydrogens is 402 g/mol. The SMILES string of the molecule is CCC1(c2ccccc2)C(=O)N(C)C(=O)N(CC(=O)Nc2ccccc2C(=O)O)C1=O. The van der Waals surface area contributed by atoms with Gasteiger partial charge in [-0.2, -0.15) is 0 Å². The molecule has 1 heterocycles. The van der Waals surface area contributed by atoms with Crippen LogP contribution in [0.4, 0.5) is 10.5 Å². The Balaban J connectivity index is 1.93. The second kappa shape index (κ2) is 8.39. The maximum atomic E-state index is 13.4. The minimum atomic E-state index is -1.64. The summed E-state index contributed by atoms with van der Waals surface area (Å²) < 4.78 is 0. The van der Waals surface area contributed by atoms with Crippen molar-refractivity contribution in [2.45, 2.75) is 18.8 Å². The third-order valence-corrected chi connectivity index (χ3v) is 5.33. The lowest BCUT2D eigenvalue weighted by Crippen LogP contribution is -2.66. The molecule has 1 atom stereocenters. The number of carbonyl (C=O) groups excluding carboxylic acids is 4. The van der Waals surface area contributed by atoms with E-state index >= 15 is 0 Å². The summed E-state index contributed by atoms with van der Waals surface area (Å²) in [5, 5.41) is 11.7. The van der Waals surface area contributed by atoms with Gasteiger partial charge in [0.25, 0.3) is 11.8 Å². The Morgan fingerprint density at radius 2 is 1.58 bits per heavy atom. The van der Waals surface area contributed by atoms with Crippen LogP contribution in [0, 0.1) is 0 Å². The van der Waals surface area contributed by atoms with Gasteiger partial charge in [0.05, 0.1) is 11.3 Å². The van der Waals surface area contributed by atoms with Crippen LogP contribution < -0.4 is 5.32 Å². The molecule has 1 unspecified atom stereocenters. The highest BCUT2D eigenvalue weighted by molar-refractivity contribution is 6.23. The number of barbiturate groups is 1. The number of hydrogen-bond acceptors (Lipinski definition) is 5. The van der Waals surface area contributed by atoms with Gasteiger partial charge in [0.15, 0.2) is 5.41 Å². The molecule has 0 saturated carbocycles. The van der Waals surface area contributed by atoms with Gasteiger partial charge in [-0.15, -0.1) is 0 Å². The Kier molecular flexibility index (Phi) is 5.87. The standard InChI is InChI=1S/C22H21N3O6/c1-3-22(14-9-5-4-6-10-14)19(29)24(2)21(31)25(20(22)30)13-17(26)23-16-12-8-7-11-15(16)18(27)28/h4-12H,3,13H2,1-2H3,(H,23,26)(H,27,28). The number of aromatic carboxylic acids is 1. The van der Waals surface area contributed by atoms with Crippen molar-refractivity contribution in [1.29, 1.82) is 0 Å². The smallest absolute Gasteiger partial charge is 0.337 e. The molecule has 9 nitrogen and oxygen atoms in total. The van der Waals surface area contributed by atoms with Crippen molar-refractivity contribution in [2.24, 2.45) is 0 Å². The van der Waals surface area contributed by atoms with Crippen LogP contribution in [0.25, 0.3) is 0 Å². The number of nitrogens with zero attached hydrogens (tertiary/aromatic N) is 2. The number of anilines is 1. The zero-order valence-corrected chi connectivity index (χ0v) is 17.0. The van der Waals surface area contributed by atoms with Gasteiger partial charge in [0, 0.05) is 7.05 Å². The number of carboxylic acids is 1. The summed E-state index contributed by atoms with van der Waals surface area (Å²) in [7, 11) is 1.26. The molecular formula is C22H21N3O6. The number of likely N-dealkylation sites (N-methyl/N-ethyl adjacent to an activating group) is 1. The highest BCUT2D eigenvalue weighted by Gasteiger charge is 2.56. The molecule has 31 heavy (non-hydrogen) atoms. The number of benzene rings is 2. The highest BCUT2D eigenvalue weighted by atomic mass is 16.4. The third kappa shape index (κ3) is 3.65. The number of imide groups is 2. The van der Waals surface area contributed by atoms with Gasteiger partial charge in [-0.05, 0) is 24.1 Å². The van der Waals surface area contributed by atoms with E-state index < -0.39 is 41.7 Å². The average molecular weight is 423 g/mol. The van der Waals surface area contributed by atoms with Gasteiger partial charge >= 0.3 is 12.0 Å². The average Bonchev–Trinajstić information content (AvgIpc) is 2.77. The van der Waals surface area contributed by atoms with Gasteiger partial charge in [-0.3, -0.25) is 24.2 Å². The van der Waals surface area contributed by atoms with E-state index in [0.717, 1.165) is 9.80 Å². The molecule has 0 aliphatic carbocycles. The van der Waals surface area contributed by atoms with E-state index in [-0.39, 0.29) is 17.7 Å². The van der Waals surface area contributed by atoms with Gasteiger partial charge in [-0.1, -0.05) is 49.4 Å². The monoisotopic (exact) mass is 423 g/mol. The first-order valence-corrected chi connectivity index (χ1v) is 9.55. The minimum absolute atomic E-state index is 0.0335. The molecule has 0 bridgehead atoms. The Labute approximate surface area is 178 Å². The topological polar surface area (TPSA) is 124 Å². The number of carboxylic acid groups (broad SMARTS) is 1. The van der Waals surface area contributed by atoms with Crippen LogP contribution in [0.1, 0.15) is 29.3 Å². The lowest BCUT2D eigenvalue weighted by Gasteiger charge is -2.42. The minimum Gasteiger partial charge on any atom is -0.478 e. The number of para-hydroxylation sites is 1. The van der Waals surface area contributed by atoms with Crippen LogP contribution in [0.3, 0.4) is 0 Å². The van der Waals surface area contributed by atoms with Crippen molar-refractivity contribution in [3.05, 3.63) is 65.7 Å². The second-order valence-electron chi connectivity index (χ2n) is 7.06. The predicted molar refractivity (Wildman–Crippen MR) is 110 cm³/mol. The summed E-state index contributed by atoms with van der Waals surface area (Å²) >= 11 is 0. The van der Waals surface area contributed by atoms with Crippen molar-refractivity contribution in [1.82, 2.24) is 9.80 Å². The van der Waals surface area contributed by atoms with Gasteiger partial charge in [0.1, 0.15) is 6.54 Å². The fraction of sp³-hybridized carbons (Fsp3) is 0.227. The summed E-state index contributed by atoms with van der Waals surface area (Å²) in [6, 6.07) is 13.2. The molecule has 0 spiro atoms. The molecule has 2 aromatic rings. The van der Waals surface area contributed by atoms with Crippen molar-refractivity contribution >= 4 is 35.4 Å². The van der Waals surface area contributed by atoms with E-state index in [2.05, 4.69) is 5.32 Å². The molecule has 5 amide bonds. The number of urea groups is 1. The first-order valence-electron chi connectivity index (χ1n) is 9.55. The molecule has 0 radical (unpaired) electrons. The van der Waals surface area contributed by atoms with Crippen LogP contribution in [0.2, 0.25) is 0 Å². The zero-order chi connectivity index (χ0) is 22.8. The van der Waals surface area contributed by atoms with Crippen LogP contribution >= 0.6 is 0 Å². The van der Waals surface area contributed by atoms with Gasteiger partial charge in [0.2, 0.25) is 5.91 Å². The van der Waals surface area contributed by atoms with Crippen LogP contribution in [0.15, 0.2) is 54.6 Å². The van der Waals surface area contributed by atoms with E-state index in [4.69, 9.17) is 0 Å². The second-order valence-corrected chi connectivity index (χ2v) is 7.06. The number of nitrogens with one attached hydrogen (secondary N) is 1. The maximum Gasteiger partial charge on any atom is 0.337 e.